The molecule has 2 heterocycles. The number of fused-ring (bicyclic) bond motifs is 1. The molecule has 0 N–H and O–H groups in total. The Morgan fingerprint density at radius 3 is 2.67 bits per heavy atom. The third-order valence-electron chi connectivity index (χ3n) is 4.16. The summed E-state index contributed by atoms with van der Waals surface area (Å²) in [4.78, 5) is 24.6. The van der Waals surface area contributed by atoms with Crippen molar-refractivity contribution in [3.8, 4) is 0 Å². The number of hydrogen-bond acceptors (Lipinski definition) is 6. The van der Waals surface area contributed by atoms with Gasteiger partial charge in [0.15, 0.2) is 0 Å². The molecular formula is C20H22ClN3O2S. The third kappa shape index (κ3) is 3.92. The number of hydrogen-bond donors (Lipinski definition) is 0. The summed E-state index contributed by atoms with van der Waals surface area (Å²) < 4.78 is 5.38. The molecular weight excluding hydrogens is 382 g/mol. The Morgan fingerprint density at radius 2 is 2.04 bits per heavy atom. The molecule has 0 bridgehead atoms. The number of aryl methyl sites for hydroxylation is 2. The zero-order chi connectivity index (χ0) is 19.7. The van der Waals surface area contributed by atoms with Crippen molar-refractivity contribution in [2.75, 3.05) is 11.4 Å². The fraction of sp³-hybridized carbons (Fsp3) is 0.350. The smallest absolute Gasteiger partial charge is 0.348 e. The number of thiophene rings is 1. The van der Waals surface area contributed by atoms with Crippen molar-refractivity contribution in [3.05, 3.63) is 45.6 Å². The lowest BCUT2D eigenvalue weighted by molar-refractivity contribution is 0.0383. The highest BCUT2D eigenvalue weighted by atomic mass is 35.5. The SMILES string of the molecule is CCN(c1cccc(C)c1)c1nc(Cl)nc2sc(C(=O)OC(C)C)c(C)c12. The first kappa shape index (κ1) is 19.6. The lowest BCUT2D eigenvalue weighted by Gasteiger charge is -2.23. The minimum absolute atomic E-state index is 0.161. The largest absolute Gasteiger partial charge is 0.459 e. The molecule has 0 saturated carbocycles. The minimum Gasteiger partial charge on any atom is -0.459 e. The standard InChI is InChI=1S/C20H22ClN3O2S/c1-6-24(14-9-7-8-12(4)10-14)17-15-13(5)16(19(25)26-11(2)3)27-18(15)23-20(21)22-17/h7-11H,6H2,1-5H3. The van der Waals surface area contributed by atoms with Crippen LogP contribution in [-0.2, 0) is 4.74 Å². The number of benzene rings is 1. The first-order valence-electron chi connectivity index (χ1n) is 8.83. The Kier molecular flexibility index (Phi) is 5.67. The highest BCUT2D eigenvalue weighted by molar-refractivity contribution is 7.20. The summed E-state index contributed by atoms with van der Waals surface area (Å²) in [5, 5.41) is 0.997. The molecule has 3 aromatic rings. The fourth-order valence-corrected chi connectivity index (χ4v) is 4.27. The topological polar surface area (TPSA) is 55.3 Å². The zero-order valence-corrected chi connectivity index (χ0v) is 17.6. The maximum atomic E-state index is 12.5. The van der Waals surface area contributed by atoms with E-state index in [0.29, 0.717) is 22.1 Å². The van der Waals surface area contributed by atoms with Crippen LogP contribution in [0.15, 0.2) is 24.3 Å². The van der Waals surface area contributed by atoms with Gasteiger partial charge in [0.25, 0.3) is 0 Å². The van der Waals surface area contributed by atoms with Gasteiger partial charge in [0.05, 0.1) is 11.5 Å². The summed E-state index contributed by atoms with van der Waals surface area (Å²) in [5.74, 6) is 0.363. The summed E-state index contributed by atoms with van der Waals surface area (Å²) in [6.45, 7) is 10.4. The molecule has 0 atom stereocenters. The summed E-state index contributed by atoms with van der Waals surface area (Å²) in [6, 6.07) is 8.20. The Balaban J connectivity index is 2.20. The second-order valence-corrected chi connectivity index (χ2v) is 7.93. The van der Waals surface area contributed by atoms with Gasteiger partial charge in [-0.25, -0.2) is 9.78 Å². The molecule has 142 valence electrons. The maximum absolute atomic E-state index is 12.5. The van der Waals surface area contributed by atoms with Crippen LogP contribution >= 0.6 is 22.9 Å². The van der Waals surface area contributed by atoms with Crippen LogP contribution in [0.5, 0.6) is 0 Å². The van der Waals surface area contributed by atoms with E-state index in [1.807, 2.05) is 32.9 Å². The van der Waals surface area contributed by atoms with Gasteiger partial charge in [0.1, 0.15) is 15.5 Å². The van der Waals surface area contributed by atoms with Gasteiger partial charge in [-0.1, -0.05) is 12.1 Å². The lowest BCUT2D eigenvalue weighted by atomic mass is 10.1. The molecule has 0 aliphatic heterocycles. The molecule has 5 nitrogen and oxygen atoms in total. The van der Waals surface area contributed by atoms with Gasteiger partial charge in [-0.2, -0.15) is 4.98 Å². The molecule has 2 aromatic heterocycles. The molecule has 0 saturated heterocycles. The van der Waals surface area contributed by atoms with E-state index in [9.17, 15) is 4.79 Å². The van der Waals surface area contributed by atoms with Crippen molar-refractivity contribution in [3.63, 3.8) is 0 Å². The van der Waals surface area contributed by atoms with Crippen molar-refractivity contribution < 1.29 is 9.53 Å². The molecule has 3 rings (SSSR count). The Morgan fingerprint density at radius 1 is 1.30 bits per heavy atom. The third-order valence-corrected chi connectivity index (χ3v) is 5.49. The normalized spacial score (nSPS) is 11.2. The first-order valence-corrected chi connectivity index (χ1v) is 10.0. The highest BCUT2D eigenvalue weighted by Gasteiger charge is 2.24. The number of nitrogens with zero attached hydrogens (tertiary/aromatic N) is 3. The summed E-state index contributed by atoms with van der Waals surface area (Å²) in [7, 11) is 0. The first-order chi connectivity index (χ1) is 12.8. The van der Waals surface area contributed by atoms with Gasteiger partial charge in [-0.15, -0.1) is 11.3 Å². The van der Waals surface area contributed by atoms with Gasteiger partial charge in [0, 0.05) is 12.2 Å². The van der Waals surface area contributed by atoms with E-state index in [4.69, 9.17) is 16.3 Å². The van der Waals surface area contributed by atoms with Crippen LogP contribution in [0.1, 0.15) is 41.6 Å². The maximum Gasteiger partial charge on any atom is 0.348 e. The van der Waals surface area contributed by atoms with Crippen LogP contribution in [0, 0.1) is 13.8 Å². The minimum atomic E-state index is -0.342. The van der Waals surface area contributed by atoms with E-state index in [1.54, 1.807) is 0 Å². The van der Waals surface area contributed by atoms with Gasteiger partial charge >= 0.3 is 5.97 Å². The molecule has 27 heavy (non-hydrogen) atoms. The van der Waals surface area contributed by atoms with Crippen LogP contribution in [0.3, 0.4) is 0 Å². The molecule has 0 spiro atoms. The molecule has 0 aliphatic carbocycles. The van der Waals surface area contributed by atoms with Gasteiger partial charge in [-0.05, 0) is 69.5 Å². The quantitative estimate of drug-likeness (QED) is 0.405. The number of halogens is 1. The number of esters is 1. The van der Waals surface area contributed by atoms with E-state index in [2.05, 4.69) is 40.8 Å². The number of ether oxygens (including phenoxy) is 1. The number of carbonyl (C=O) groups is 1. The average Bonchev–Trinajstić information content (AvgIpc) is 2.91. The summed E-state index contributed by atoms with van der Waals surface area (Å²) >= 11 is 7.50. The van der Waals surface area contributed by atoms with Crippen LogP contribution in [0.25, 0.3) is 10.2 Å². The second-order valence-electron chi connectivity index (χ2n) is 6.59. The molecule has 0 amide bonds. The van der Waals surface area contributed by atoms with Crippen LogP contribution in [-0.4, -0.2) is 28.6 Å². The van der Waals surface area contributed by atoms with Gasteiger partial charge < -0.3 is 9.64 Å². The molecule has 0 aliphatic rings. The molecule has 7 heteroatoms. The van der Waals surface area contributed by atoms with E-state index >= 15 is 0 Å². The molecule has 0 unspecified atom stereocenters. The van der Waals surface area contributed by atoms with Crippen molar-refractivity contribution in [1.29, 1.82) is 0 Å². The predicted octanol–water partition coefficient (Wildman–Crippen LogP) is 5.68. The number of anilines is 2. The van der Waals surface area contributed by atoms with Crippen molar-refractivity contribution in [1.82, 2.24) is 9.97 Å². The van der Waals surface area contributed by atoms with E-state index < -0.39 is 0 Å². The van der Waals surface area contributed by atoms with Crippen molar-refractivity contribution in [2.24, 2.45) is 0 Å². The zero-order valence-electron chi connectivity index (χ0n) is 16.0. The molecule has 1 aromatic carbocycles. The van der Waals surface area contributed by atoms with Crippen LogP contribution in [0.4, 0.5) is 11.5 Å². The number of carbonyl (C=O) groups excluding carboxylic acids is 1. The second kappa shape index (κ2) is 7.82. The summed E-state index contributed by atoms with van der Waals surface area (Å²) in [5.41, 5.74) is 2.99. The monoisotopic (exact) mass is 403 g/mol. The van der Waals surface area contributed by atoms with Crippen molar-refractivity contribution in [2.45, 2.75) is 40.7 Å². The molecule has 0 radical (unpaired) electrons. The van der Waals surface area contributed by atoms with Crippen LogP contribution < -0.4 is 4.90 Å². The van der Waals surface area contributed by atoms with Gasteiger partial charge in [0.2, 0.25) is 5.28 Å². The van der Waals surface area contributed by atoms with E-state index in [1.165, 1.54) is 11.3 Å². The fourth-order valence-electron chi connectivity index (χ4n) is 3.00. The van der Waals surface area contributed by atoms with E-state index in [-0.39, 0.29) is 17.4 Å². The Labute approximate surface area is 168 Å². The highest BCUT2D eigenvalue weighted by Crippen LogP contribution is 2.39. The van der Waals surface area contributed by atoms with Crippen molar-refractivity contribution >= 4 is 50.6 Å². The average molecular weight is 404 g/mol. The Bertz CT molecular complexity index is 1000. The molecule has 0 fully saturated rings. The summed E-state index contributed by atoms with van der Waals surface area (Å²) in [6.07, 6.45) is -0.185. The predicted molar refractivity (Wildman–Crippen MR) is 112 cm³/mol. The number of aromatic nitrogens is 2. The van der Waals surface area contributed by atoms with Gasteiger partial charge in [-0.3, -0.25) is 0 Å². The Hall–Kier alpha value is -2.18. The van der Waals surface area contributed by atoms with Crippen LogP contribution in [0.2, 0.25) is 5.28 Å². The lowest BCUT2D eigenvalue weighted by Crippen LogP contribution is -2.18. The number of rotatable bonds is 5. The van der Waals surface area contributed by atoms with E-state index in [0.717, 1.165) is 22.2 Å².